The van der Waals surface area contributed by atoms with Gasteiger partial charge in [-0.3, -0.25) is 9.13 Å². The van der Waals surface area contributed by atoms with Crippen molar-refractivity contribution < 1.29 is 9.47 Å². The van der Waals surface area contributed by atoms with Gasteiger partial charge in [-0.2, -0.15) is 0 Å². The molecule has 0 fully saturated rings. The Balaban J connectivity index is 1.43. The van der Waals surface area contributed by atoms with Crippen LogP contribution in [0.25, 0.3) is 11.4 Å². The summed E-state index contributed by atoms with van der Waals surface area (Å²) in [5, 5.41) is 3.31. The summed E-state index contributed by atoms with van der Waals surface area (Å²) < 4.78 is 14.8. The van der Waals surface area contributed by atoms with E-state index in [-0.39, 0.29) is 5.69 Å². The molecule has 1 N–H and O–H groups in total. The van der Waals surface area contributed by atoms with Crippen molar-refractivity contribution in [2.45, 2.75) is 19.9 Å². The molecule has 0 bridgehead atoms. The van der Waals surface area contributed by atoms with Gasteiger partial charge in [0.25, 0.3) is 0 Å². The number of aromatic nitrogens is 2. The van der Waals surface area contributed by atoms with Gasteiger partial charge in [-0.1, -0.05) is 32.0 Å². The van der Waals surface area contributed by atoms with Crippen molar-refractivity contribution in [3.63, 3.8) is 0 Å². The Morgan fingerprint density at radius 2 is 1.28 bits per heavy atom. The van der Waals surface area contributed by atoms with Crippen LogP contribution in [-0.2, 0) is 0 Å². The predicted octanol–water partition coefficient (Wildman–Crippen LogP) is 4.80. The second-order valence-electron chi connectivity index (χ2n) is 7.68. The third kappa shape index (κ3) is 5.28. The average Bonchev–Trinajstić information content (AvgIpc) is 3.19. The molecule has 4 aromatic rings. The maximum Gasteiger partial charge on any atom is 0.337 e. The third-order valence-electron chi connectivity index (χ3n) is 4.91. The Morgan fingerprint density at radius 1 is 0.750 bits per heavy atom. The normalized spacial score (nSPS) is 11.0. The zero-order valence-corrected chi connectivity index (χ0v) is 18.3. The Kier molecular flexibility index (Phi) is 6.72. The highest BCUT2D eigenvalue weighted by molar-refractivity contribution is 5.41. The van der Waals surface area contributed by atoms with Gasteiger partial charge in [0.2, 0.25) is 0 Å². The van der Waals surface area contributed by atoms with E-state index in [4.69, 9.17) is 9.47 Å². The van der Waals surface area contributed by atoms with Gasteiger partial charge in [-0.25, -0.2) is 4.79 Å². The first-order valence-corrected chi connectivity index (χ1v) is 10.7. The topological polar surface area (TPSA) is 57.4 Å². The average molecular weight is 430 g/mol. The molecule has 0 saturated carbocycles. The van der Waals surface area contributed by atoms with Gasteiger partial charge in [0.15, 0.2) is 0 Å². The lowest BCUT2D eigenvalue weighted by molar-refractivity contribution is 0.309. The minimum atomic E-state index is -0.142. The summed E-state index contributed by atoms with van der Waals surface area (Å²) in [7, 11) is 0. The predicted molar refractivity (Wildman–Crippen MR) is 127 cm³/mol. The number of nitrogens with one attached hydrogen (secondary N) is 1. The molecule has 0 unspecified atom stereocenters. The van der Waals surface area contributed by atoms with Gasteiger partial charge in [0.05, 0.1) is 11.4 Å². The number of ether oxygens (including phenoxy) is 2. The van der Waals surface area contributed by atoms with Gasteiger partial charge >= 0.3 is 5.69 Å². The van der Waals surface area contributed by atoms with Crippen LogP contribution in [0.15, 0.2) is 96.1 Å². The van der Waals surface area contributed by atoms with E-state index >= 15 is 0 Å². The first-order chi connectivity index (χ1) is 15.6. The highest BCUT2D eigenvalue weighted by atomic mass is 16.5. The molecular weight excluding hydrogens is 402 g/mol. The fraction of sp³-hybridized carbons (Fsp3) is 0.192. The molecule has 3 aromatic carbocycles. The van der Waals surface area contributed by atoms with Crippen LogP contribution in [0.2, 0.25) is 0 Å². The largest absolute Gasteiger partial charge is 0.492 e. The van der Waals surface area contributed by atoms with Crippen molar-refractivity contribution in [3.8, 4) is 28.6 Å². The molecule has 1 heterocycles. The SMILES string of the molecule is CC(C)NCCOc1ccc(-n2ccn(-c3ccc(Oc4ccccc4)cc3)c2=O)cc1. The number of hydrogen-bond acceptors (Lipinski definition) is 4. The lowest BCUT2D eigenvalue weighted by Gasteiger charge is -2.10. The minimum absolute atomic E-state index is 0.142. The molecular formula is C26H27N3O3. The maximum absolute atomic E-state index is 13.0. The van der Waals surface area contributed by atoms with Gasteiger partial charge < -0.3 is 14.8 Å². The zero-order chi connectivity index (χ0) is 22.3. The summed E-state index contributed by atoms with van der Waals surface area (Å²) in [5.41, 5.74) is 1.41. The summed E-state index contributed by atoms with van der Waals surface area (Å²) in [6, 6.07) is 25.0. The monoisotopic (exact) mass is 429 g/mol. The number of imidazole rings is 1. The van der Waals surface area contributed by atoms with Gasteiger partial charge in [-0.15, -0.1) is 0 Å². The Morgan fingerprint density at radius 3 is 1.84 bits per heavy atom. The van der Waals surface area contributed by atoms with Crippen molar-refractivity contribution in [3.05, 3.63) is 102 Å². The third-order valence-corrected chi connectivity index (χ3v) is 4.91. The smallest absolute Gasteiger partial charge is 0.337 e. The number of nitrogens with zero attached hydrogens (tertiary/aromatic N) is 2. The van der Waals surface area contributed by atoms with E-state index in [9.17, 15) is 4.79 Å². The van der Waals surface area contributed by atoms with Crippen LogP contribution in [0.3, 0.4) is 0 Å². The summed E-state index contributed by atoms with van der Waals surface area (Å²) >= 11 is 0. The van der Waals surface area contributed by atoms with Crippen LogP contribution in [0.5, 0.6) is 17.2 Å². The molecule has 164 valence electrons. The van der Waals surface area contributed by atoms with Crippen LogP contribution in [0.1, 0.15) is 13.8 Å². The second kappa shape index (κ2) is 10.0. The van der Waals surface area contributed by atoms with E-state index in [1.54, 1.807) is 21.5 Å². The molecule has 1 aromatic heterocycles. The molecule has 0 saturated heterocycles. The van der Waals surface area contributed by atoms with Crippen LogP contribution < -0.4 is 20.5 Å². The van der Waals surface area contributed by atoms with Crippen molar-refractivity contribution in [1.82, 2.24) is 14.5 Å². The molecule has 32 heavy (non-hydrogen) atoms. The van der Waals surface area contributed by atoms with E-state index in [1.807, 2.05) is 78.9 Å². The fourth-order valence-corrected chi connectivity index (χ4v) is 3.29. The second-order valence-corrected chi connectivity index (χ2v) is 7.68. The standard InChI is InChI=1S/C26H27N3O3/c1-20(2)27-16-19-31-23-12-8-21(9-13-23)28-17-18-29(26(28)30)22-10-14-25(15-11-22)32-24-6-4-3-5-7-24/h3-15,17-18,20,27H,16,19H2,1-2H3. The molecule has 0 spiro atoms. The van der Waals surface area contributed by atoms with Crippen molar-refractivity contribution in [2.24, 2.45) is 0 Å². The first-order valence-electron chi connectivity index (χ1n) is 10.7. The van der Waals surface area contributed by atoms with Crippen molar-refractivity contribution in [2.75, 3.05) is 13.2 Å². The first kappa shape index (κ1) is 21.5. The van der Waals surface area contributed by atoms with E-state index < -0.39 is 0 Å². The molecule has 0 amide bonds. The van der Waals surface area contributed by atoms with Crippen molar-refractivity contribution >= 4 is 0 Å². The van der Waals surface area contributed by atoms with E-state index in [1.165, 1.54) is 0 Å². The number of hydrogen-bond donors (Lipinski definition) is 1. The summed E-state index contributed by atoms with van der Waals surface area (Å²) in [6.07, 6.45) is 3.52. The summed E-state index contributed by atoms with van der Waals surface area (Å²) in [5.74, 6) is 2.26. The molecule has 0 atom stereocenters. The molecule has 0 radical (unpaired) electrons. The minimum Gasteiger partial charge on any atom is -0.492 e. The highest BCUT2D eigenvalue weighted by Crippen LogP contribution is 2.22. The lowest BCUT2D eigenvalue weighted by atomic mass is 10.3. The maximum atomic E-state index is 13.0. The van der Waals surface area contributed by atoms with Crippen LogP contribution in [0.4, 0.5) is 0 Å². The Bertz CT molecular complexity index is 1180. The number of rotatable bonds is 9. The van der Waals surface area contributed by atoms with Gasteiger partial charge in [0.1, 0.15) is 23.9 Å². The van der Waals surface area contributed by atoms with Gasteiger partial charge in [0, 0.05) is 25.0 Å². The zero-order valence-electron chi connectivity index (χ0n) is 18.3. The lowest BCUT2D eigenvalue weighted by Crippen LogP contribution is -2.27. The molecule has 0 aliphatic rings. The van der Waals surface area contributed by atoms with Crippen LogP contribution in [-0.4, -0.2) is 28.3 Å². The van der Waals surface area contributed by atoms with Crippen LogP contribution in [0, 0.1) is 0 Å². The quantitative estimate of drug-likeness (QED) is 0.389. The molecule has 0 aliphatic carbocycles. The summed E-state index contributed by atoms with van der Waals surface area (Å²) in [6.45, 7) is 5.59. The van der Waals surface area contributed by atoms with E-state index in [2.05, 4.69) is 19.2 Å². The van der Waals surface area contributed by atoms with E-state index in [0.29, 0.717) is 18.4 Å². The summed E-state index contributed by atoms with van der Waals surface area (Å²) in [4.78, 5) is 13.0. The van der Waals surface area contributed by atoms with Gasteiger partial charge in [-0.05, 0) is 60.7 Å². The highest BCUT2D eigenvalue weighted by Gasteiger charge is 2.08. The number of benzene rings is 3. The molecule has 6 nitrogen and oxygen atoms in total. The molecule has 6 heteroatoms. The molecule has 0 aliphatic heterocycles. The van der Waals surface area contributed by atoms with Crippen molar-refractivity contribution in [1.29, 1.82) is 0 Å². The Hall–Kier alpha value is -3.77. The molecule has 4 rings (SSSR count). The Labute approximate surface area is 187 Å². The number of para-hydroxylation sites is 1. The fourth-order valence-electron chi connectivity index (χ4n) is 3.29. The van der Waals surface area contributed by atoms with E-state index in [0.717, 1.165) is 29.4 Å². The van der Waals surface area contributed by atoms with Crippen LogP contribution >= 0.6 is 0 Å².